The van der Waals surface area contributed by atoms with Crippen molar-refractivity contribution < 1.29 is 9.53 Å². The van der Waals surface area contributed by atoms with E-state index < -0.39 is 0 Å². The highest BCUT2D eigenvalue weighted by Crippen LogP contribution is 2.20. The standard InChI is InChI=1S/C17H25N3O2/c1-4-22-17(21)13-14(2)18-15-5-7-16(8-6-15)20-11-9-19(3)10-12-20/h5-8,13,18H,4,9-12H2,1-3H3. The number of nitrogens with zero attached hydrogens (tertiary/aromatic N) is 2. The van der Waals surface area contributed by atoms with E-state index in [0.29, 0.717) is 6.61 Å². The average Bonchev–Trinajstić information content (AvgIpc) is 2.49. The largest absolute Gasteiger partial charge is 0.463 e. The first kappa shape index (κ1) is 16.4. The minimum atomic E-state index is -0.318. The second kappa shape index (κ2) is 7.84. The lowest BCUT2D eigenvalue weighted by Crippen LogP contribution is -2.44. The summed E-state index contributed by atoms with van der Waals surface area (Å²) in [5.41, 5.74) is 2.98. The third-order valence-electron chi connectivity index (χ3n) is 3.70. The molecule has 0 radical (unpaired) electrons. The van der Waals surface area contributed by atoms with Crippen LogP contribution in [0.5, 0.6) is 0 Å². The highest BCUT2D eigenvalue weighted by Gasteiger charge is 2.13. The Morgan fingerprint density at radius 3 is 2.45 bits per heavy atom. The smallest absolute Gasteiger partial charge is 0.332 e. The van der Waals surface area contributed by atoms with E-state index in [1.807, 2.05) is 19.1 Å². The normalized spacial score (nSPS) is 16.5. The molecule has 1 heterocycles. The lowest BCUT2D eigenvalue weighted by molar-refractivity contribution is -0.137. The van der Waals surface area contributed by atoms with E-state index in [2.05, 4.69) is 34.3 Å². The first-order valence-corrected chi connectivity index (χ1v) is 7.74. The molecule has 120 valence electrons. The van der Waals surface area contributed by atoms with E-state index in [1.165, 1.54) is 11.8 Å². The Balaban J connectivity index is 1.93. The molecule has 5 heteroatoms. The summed E-state index contributed by atoms with van der Waals surface area (Å²) >= 11 is 0. The minimum absolute atomic E-state index is 0.318. The minimum Gasteiger partial charge on any atom is -0.463 e. The maximum atomic E-state index is 11.4. The van der Waals surface area contributed by atoms with Crippen molar-refractivity contribution in [3.63, 3.8) is 0 Å². The SMILES string of the molecule is CCOC(=O)C=C(C)Nc1ccc(N2CCN(C)CC2)cc1. The van der Waals surface area contributed by atoms with Crippen molar-refractivity contribution in [3.8, 4) is 0 Å². The molecule has 22 heavy (non-hydrogen) atoms. The topological polar surface area (TPSA) is 44.8 Å². The van der Waals surface area contributed by atoms with Gasteiger partial charge >= 0.3 is 5.97 Å². The number of anilines is 2. The number of hydrogen-bond donors (Lipinski definition) is 1. The van der Waals surface area contributed by atoms with Crippen LogP contribution < -0.4 is 10.2 Å². The van der Waals surface area contributed by atoms with Crippen molar-refractivity contribution in [1.82, 2.24) is 4.90 Å². The van der Waals surface area contributed by atoms with Gasteiger partial charge in [0.05, 0.1) is 6.61 Å². The summed E-state index contributed by atoms with van der Waals surface area (Å²) in [4.78, 5) is 16.1. The van der Waals surface area contributed by atoms with Crippen molar-refractivity contribution in [3.05, 3.63) is 36.0 Å². The Bertz CT molecular complexity index is 517. The third kappa shape index (κ3) is 4.77. The lowest BCUT2D eigenvalue weighted by atomic mass is 10.2. The molecule has 0 aromatic heterocycles. The van der Waals surface area contributed by atoms with Crippen LogP contribution in [0, 0.1) is 0 Å². The van der Waals surface area contributed by atoms with Gasteiger partial charge in [-0.1, -0.05) is 0 Å². The van der Waals surface area contributed by atoms with Gasteiger partial charge in [0.1, 0.15) is 0 Å². The van der Waals surface area contributed by atoms with E-state index in [4.69, 9.17) is 4.74 Å². The van der Waals surface area contributed by atoms with Crippen LogP contribution >= 0.6 is 0 Å². The maximum absolute atomic E-state index is 11.4. The number of allylic oxidation sites excluding steroid dienone is 1. The molecule has 1 N–H and O–H groups in total. The van der Waals surface area contributed by atoms with Crippen LogP contribution in [0.3, 0.4) is 0 Å². The van der Waals surface area contributed by atoms with Crippen LogP contribution in [0.1, 0.15) is 13.8 Å². The molecule has 0 atom stereocenters. The molecule has 0 aliphatic carbocycles. The Hall–Kier alpha value is -2.01. The van der Waals surface area contributed by atoms with E-state index in [0.717, 1.165) is 37.6 Å². The zero-order valence-electron chi connectivity index (χ0n) is 13.6. The molecule has 1 aromatic carbocycles. The van der Waals surface area contributed by atoms with Crippen molar-refractivity contribution in [1.29, 1.82) is 0 Å². The van der Waals surface area contributed by atoms with Gasteiger partial charge in [-0.25, -0.2) is 4.79 Å². The third-order valence-corrected chi connectivity index (χ3v) is 3.70. The number of hydrogen-bond acceptors (Lipinski definition) is 5. The van der Waals surface area contributed by atoms with Gasteiger partial charge in [0.25, 0.3) is 0 Å². The second-order valence-corrected chi connectivity index (χ2v) is 5.54. The molecule has 1 fully saturated rings. The fraction of sp³-hybridized carbons (Fsp3) is 0.471. The quantitative estimate of drug-likeness (QED) is 0.668. The van der Waals surface area contributed by atoms with Crippen molar-refractivity contribution in [2.75, 3.05) is 50.1 Å². The zero-order valence-corrected chi connectivity index (χ0v) is 13.6. The zero-order chi connectivity index (χ0) is 15.9. The van der Waals surface area contributed by atoms with Gasteiger partial charge in [0.2, 0.25) is 0 Å². The molecular weight excluding hydrogens is 278 g/mol. The fourth-order valence-corrected chi connectivity index (χ4v) is 2.44. The molecular formula is C17H25N3O2. The highest BCUT2D eigenvalue weighted by molar-refractivity contribution is 5.83. The predicted octanol–water partition coefficient (Wildman–Crippen LogP) is 2.32. The maximum Gasteiger partial charge on any atom is 0.332 e. The van der Waals surface area contributed by atoms with Gasteiger partial charge in [-0.05, 0) is 45.2 Å². The number of piperazine rings is 1. The van der Waals surface area contributed by atoms with Crippen molar-refractivity contribution in [2.24, 2.45) is 0 Å². The molecule has 1 aromatic rings. The molecule has 0 spiro atoms. The Morgan fingerprint density at radius 2 is 1.86 bits per heavy atom. The van der Waals surface area contributed by atoms with E-state index >= 15 is 0 Å². The summed E-state index contributed by atoms with van der Waals surface area (Å²) in [6.07, 6.45) is 1.47. The number of rotatable bonds is 5. The van der Waals surface area contributed by atoms with Crippen LogP contribution in [-0.4, -0.2) is 50.7 Å². The van der Waals surface area contributed by atoms with Crippen LogP contribution in [-0.2, 0) is 9.53 Å². The van der Waals surface area contributed by atoms with Gasteiger partial charge in [-0.3, -0.25) is 0 Å². The van der Waals surface area contributed by atoms with Crippen LogP contribution in [0.4, 0.5) is 11.4 Å². The first-order chi connectivity index (χ1) is 10.6. The Morgan fingerprint density at radius 1 is 1.23 bits per heavy atom. The predicted molar refractivity (Wildman–Crippen MR) is 90.2 cm³/mol. The van der Waals surface area contributed by atoms with Gasteiger partial charge in [-0.15, -0.1) is 0 Å². The average molecular weight is 303 g/mol. The van der Waals surface area contributed by atoms with E-state index in [-0.39, 0.29) is 5.97 Å². The van der Waals surface area contributed by atoms with E-state index in [1.54, 1.807) is 6.92 Å². The van der Waals surface area contributed by atoms with Gasteiger partial charge in [0.15, 0.2) is 0 Å². The van der Waals surface area contributed by atoms with E-state index in [9.17, 15) is 4.79 Å². The molecule has 0 saturated carbocycles. The summed E-state index contributed by atoms with van der Waals surface area (Å²) in [7, 11) is 2.16. The van der Waals surface area contributed by atoms with Gasteiger partial charge < -0.3 is 19.9 Å². The van der Waals surface area contributed by atoms with Crippen LogP contribution in [0.15, 0.2) is 36.0 Å². The van der Waals surface area contributed by atoms with Crippen molar-refractivity contribution >= 4 is 17.3 Å². The number of nitrogens with one attached hydrogen (secondary N) is 1. The Kier molecular flexibility index (Phi) is 5.83. The monoisotopic (exact) mass is 303 g/mol. The molecule has 1 aliphatic heterocycles. The first-order valence-electron chi connectivity index (χ1n) is 7.74. The van der Waals surface area contributed by atoms with Gasteiger partial charge in [0, 0.05) is 49.3 Å². The van der Waals surface area contributed by atoms with Crippen LogP contribution in [0.2, 0.25) is 0 Å². The van der Waals surface area contributed by atoms with Crippen molar-refractivity contribution in [2.45, 2.75) is 13.8 Å². The molecule has 1 aliphatic rings. The lowest BCUT2D eigenvalue weighted by Gasteiger charge is -2.34. The second-order valence-electron chi connectivity index (χ2n) is 5.54. The summed E-state index contributed by atoms with van der Waals surface area (Å²) in [5.74, 6) is -0.318. The number of likely N-dealkylation sites (N-methyl/N-ethyl adjacent to an activating group) is 1. The fourth-order valence-electron chi connectivity index (χ4n) is 2.44. The number of carbonyl (C=O) groups is 1. The molecule has 0 amide bonds. The van der Waals surface area contributed by atoms with Crippen LogP contribution in [0.25, 0.3) is 0 Å². The summed E-state index contributed by atoms with van der Waals surface area (Å²) in [6.45, 7) is 8.36. The summed E-state index contributed by atoms with van der Waals surface area (Å²) < 4.78 is 4.89. The number of esters is 1. The number of ether oxygens (including phenoxy) is 1. The molecule has 1 saturated heterocycles. The summed E-state index contributed by atoms with van der Waals surface area (Å²) in [5, 5.41) is 3.20. The molecule has 2 rings (SSSR count). The molecule has 0 bridgehead atoms. The summed E-state index contributed by atoms with van der Waals surface area (Å²) in [6, 6.07) is 8.31. The molecule has 0 unspecified atom stereocenters. The van der Waals surface area contributed by atoms with Gasteiger partial charge in [-0.2, -0.15) is 0 Å². The Labute approximate surface area is 132 Å². The molecule has 5 nitrogen and oxygen atoms in total. The number of carbonyl (C=O) groups excluding carboxylic acids is 1. The number of benzene rings is 1. The highest BCUT2D eigenvalue weighted by atomic mass is 16.5.